The Morgan fingerprint density at radius 2 is 1.14 bits per heavy atom. The zero-order valence-corrected chi connectivity index (χ0v) is 11.8. The van der Waals surface area contributed by atoms with Crippen molar-refractivity contribution in [3.05, 3.63) is 102 Å². The summed E-state index contributed by atoms with van der Waals surface area (Å²) in [5, 5.41) is 0. The molecule has 1 aliphatic carbocycles. The second-order valence-electron chi connectivity index (χ2n) is 5.39. The maximum absolute atomic E-state index is 2.36. The molecule has 0 N–H and O–H groups in total. The molecule has 0 bridgehead atoms. The van der Waals surface area contributed by atoms with Crippen LogP contribution in [0.5, 0.6) is 0 Å². The van der Waals surface area contributed by atoms with E-state index in [9.17, 15) is 0 Å². The summed E-state index contributed by atoms with van der Waals surface area (Å²) in [6, 6.07) is 28.1. The van der Waals surface area contributed by atoms with Crippen LogP contribution in [0.1, 0.15) is 16.7 Å². The largest absolute Gasteiger partial charge is 0.0716 e. The minimum atomic E-state index is 0.981. The van der Waals surface area contributed by atoms with Gasteiger partial charge in [0.05, 0.1) is 0 Å². The fraction of sp³-hybridized carbons (Fsp3) is 0.0476. The summed E-state index contributed by atoms with van der Waals surface area (Å²) >= 11 is 0. The van der Waals surface area contributed by atoms with Crippen molar-refractivity contribution in [2.24, 2.45) is 0 Å². The fourth-order valence-corrected chi connectivity index (χ4v) is 3.13. The first kappa shape index (κ1) is 12.2. The smallest absolute Gasteiger partial charge is 0.00819 e. The molecule has 0 saturated heterocycles. The Labute approximate surface area is 125 Å². The molecule has 0 heterocycles. The molecule has 0 spiro atoms. The molecule has 0 amide bonds. The Balaban J connectivity index is 1.99. The van der Waals surface area contributed by atoms with Crippen molar-refractivity contribution >= 4 is 5.57 Å². The molecule has 0 fully saturated rings. The SMILES string of the molecule is C1=C(c2ccccc2)c2ccccc2-c2ccccc2C1. The van der Waals surface area contributed by atoms with E-state index in [4.69, 9.17) is 0 Å². The number of hydrogen-bond acceptors (Lipinski definition) is 0. The number of benzene rings is 3. The second-order valence-corrected chi connectivity index (χ2v) is 5.39. The average Bonchev–Trinajstić information content (AvgIpc) is 2.73. The van der Waals surface area contributed by atoms with Crippen LogP contribution in [0.25, 0.3) is 16.7 Å². The summed E-state index contributed by atoms with van der Waals surface area (Å²) in [5.74, 6) is 0. The van der Waals surface area contributed by atoms with Gasteiger partial charge in [-0.1, -0.05) is 84.9 Å². The second kappa shape index (κ2) is 5.06. The molecular weight excluding hydrogens is 252 g/mol. The molecule has 0 atom stereocenters. The minimum Gasteiger partial charge on any atom is -0.0716 e. The molecular formula is C21H16. The van der Waals surface area contributed by atoms with E-state index in [-0.39, 0.29) is 0 Å². The average molecular weight is 268 g/mol. The van der Waals surface area contributed by atoms with Crippen molar-refractivity contribution in [2.75, 3.05) is 0 Å². The highest BCUT2D eigenvalue weighted by Gasteiger charge is 2.16. The first-order valence-corrected chi connectivity index (χ1v) is 7.37. The van der Waals surface area contributed by atoms with E-state index in [1.54, 1.807) is 0 Å². The van der Waals surface area contributed by atoms with Gasteiger partial charge in [0.1, 0.15) is 0 Å². The molecule has 0 heteroatoms. The van der Waals surface area contributed by atoms with E-state index < -0.39 is 0 Å². The fourth-order valence-electron chi connectivity index (χ4n) is 3.13. The van der Waals surface area contributed by atoms with Crippen molar-refractivity contribution < 1.29 is 0 Å². The zero-order chi connectivity index (χ0) is 14.1. The van der Waals surface area contributed by atoms with Crippen molar-refractivity contribution in [3.63, 3.8) is 0 Å². The topological polar surface area (TPSA) is 0 Å². The van der Waals surface area contributed by atoms with Crippen LogP contribution < -0.4 is 0 Å². The molecule has 0 aliphatic heterocycles. The lowest BCUT2D eigenvalue weighted by Crippen LogP contribution is -1.90. The van der Waals surface area contributed by atoms with Crippen LogP contribution in [0.15, 0.2) is 84.9 Å². The third-order valence-corrected chi connectivity index (χ3v) is 4.14. The summed E-state index contributed by atoms with van der Waals surface area (Å²) in [6.07, 6.45) is 3.34. The van der Waals surface area contributed by atoms with Gasteiger partial charge in [-0.3, -0.25) is 0 Å². The number of allylic oxidation sites excluding steroid dienone is 1. The molecule has 4 rings (SSSR count). The predicted octanol–water partition coefficient (Wildman–Crippen LogP) is 5.34. The van der Waals surface area contributed by atoms with E-state index in [1.165, 1.54) is 33.4 Å². The molecule has 0 nitrogen and oxygen atoms in total. The van der Waals surface area contributed by atoms with Gasteiger partial charge in [0.25, 0.3) is 0 Å². The summed E-state index contributed by atoms with van der Waals surface area (Å²) in [4.78, 5) is 0. The quantitative estimate of drug-likeness (QED) is 0.558. The Morgan fingerprint density at radius 1 is 0.524 bits per heavy atom. The van der Waals surface area contributed by atoms with Crippen LogP contribution in [0.4, 0.5) is 0 Å². The highest BCUT2D eigenvalue weighted by atomic mass is 14.2. The van der Waals surface area contributed by atoms with Gasteiger partial charge in [0.15, 0.2) is 0 Å². The van der Waals surface area contributed by atoms with Gasteiger partial charge in [0, 0.05) is 0 Å². The van der Waals surface area contributed by atoms with Gasteiger partial charge in [-0.15, -0.1) is 0 Å². The highest BCUT2D eigenvalue weighted by molar-refractivity contribution is 5.91. The molecule has 1 aliphatic rings. The van der Waals surface area contributed by atoms with Gasteiger partial charge in [0.2, 0.25) is 0 Å². The van der Waals surface area contributed by atoms with Crippen LogP contribution in [0.3, 0.4) is 0 Å². The molecule has 0 radical (unpaired) electrons. The van der Waals surface area contributed by atoms with Crippen molar-refractivity contribution in [1.82, 2.24) is 0 Å². The Morgan fingerprint density at radius 3 is 1.95 bits per heavy atom. The lowest BCUT2D eigenvalue weighted by Gasteiger charge is -2.12. The zero-order valence-electron chi connectivity index (χ0n) is 11.8. The molecule has 100 valence electrons. The van der Waals surface area contributed by atoms with Gasteiger partial charge in [-0.05, 0) is 39.8 Å². The van der Waals surface area contributed by atoms with Crippen LogP contribution in [0.2, 0.25) is 0 Å². The molecule has 3 aromatic rings. The number of fused-ring (bicyclic) bond motifs is 3. The minimum absolute atomic E-state index is 0.981. The molecule has 21 heavy (non-hydrogen) atoms. The van der Waals surface area contributed by atoms with Gasteiger partial charge >= 0.3 is 0 Å². The van der Waals surface area contributed by atoms with Crippen molar-refractivity contribution in [3.8, 4) is 11.1 Å². The molecule has 0 unspecified atom stereocenters. The molecule has 0 aromatic heterocycles. The van der Waals surface area contributed by atoms with E-state index >= 15 is 0 Å². The highest BCUT2D eigenvalue weighted by Crippen LogP contribution is 2.37. The first-order valence-electron chi connectivity index (χ1n) is 7.37. The lowest BCUT2D eigenvalue weighted by atomic mass is 9.92. The maximum Gasteiger partial charge on any atom is -0.00819 e. The normalized spacial score (nSPS) is 12.9. The third-order valence-electron chi connectivity index (χ3n) is 4.14. The van der Waals surface area contributed by atoms with E-state index in [2.05, 4.69) is 84.9 Å². The Bertz CT molecular complexity index is 810. The van der Waals surface area contributed by atoms with Gasteiger partial charge < -0.3 is 0 Å². The van der Waals surface area contributed by atoms with Crippen LogP contribution in [-0.4, -0.2) is 0 Å². The standard InChI is InChI=1S/C21H16/c1-2-8-16(9-3-1)19-15-14-17-10-4-5-11-18(17)20-12-6-7-13-21(19)20/h1-13,15H,14H2. The predicted molar refractivity (Wildman–Crippen MR) is 89.1 cm³/mol. The van der Waals surface area contributed by atoms with Crippen molar-refractivity contribution in [1.29, 1.82) is 0 Å². The lowest BCUT2D eigenvalue weighted by molar-refractivity contribution is 1.28. The van der Waals surface area contributed by atoms with Gasteiger partial charge in [-0.25, -0.2) is 0 Å². The monoisotopic (exact) mass is 268 g/mol. The number of hydrogen-bond donors (Lipinski definition) is 0. The van der Waals surface area contributed by atoms with E-state index in [0.717, 1.165) is 6.42 Å². The third kappa shape index (κ3) is 2.09. The van der Waals surface area contributed by atoms with Crippen molar-refractivity contribution in [2.45, 2.75) is 6.42 Å². The number of rotatable bonds is 1. The Hall–Kier alpha value is -2.60. The van der Waals surface area contributed by atoms with Gasteiger partial charge in [-0.2, -0.15) is 0 Å². The van der Waals surface area contributed by atoms with Crippen LogP contribution in [-0.2, 0) is 6.42 Å². The van der Waals surface area contributed by atoms with Crippen LogP contribution >= 0.6 is 0 Å². The summed E-state index contributed by atoms with van der Waals surface area (Å²) in [5.41, 5.74) is 8.04. The first-order chi connectivity index (χ1) is 10.4. The van der Waals surface area contributed by atoms with E-state index in [1.807, 2.05) is 0 Å². The maximum atomic E-state index is 2.36. The van der Waals surface area contributed by atoms with E-state index in [0.29, 0.717) is 0 Å². The summed E-state index contributed by atoms with van der Waals surface area (Å²) < 4.78 is 0. The Kier molecular flexibility index (Phi) is 2.93. The summed E-state index contributed by atoms with van der Waals surface area (Å²) in [7, 11) is 0. The summed E-state index contributed by atoms with van der Waals surface area (Å²) in [6.45, 7) is 0. The molecule has 3 aromatic carbocycles. The molecule has 0 saturated carbocycles. The van der Waals surface area contributed by atoms with Crippen LogP contribution in [0, 0.1) is 0 Å².